The van der Waals surface area contributed by atoms with E-state index in [-0.39, 0.29) is 5.95 Å². The molecular weight excluding hydrogens is 140 g/mol. The van der Waals surface area contributed by atoms with E-state index >= 15 is 0 Å². The molecule has 0 aliphatic rings. The molecule has 1 aromatic rings. The minimum Gasteiger partial charge on any atom is -0.366 e. The number of aromatic nitrogens is 3. The summed E-state index contributed by atoms with van der Waals surface area (Å²) >= 11 is 0. The fraction of sp³-hybridized carbons (Fsp3) is 0.333. The van der Waals surface area contributed by atoms with Crippen molar-refractivity contribution < 1.29 is 4.21 Å². The molecule has 0 radical (unpaired) electrons. The first-order valence-electron chi connectivity index (χ1n) is 2.21. The number of nitrogen functional groups attached to an aromatic ring is 1. The predicted octanol–water partition coefficient (Wildman–Crippen LogP) is -0.998. The third kappa shape index (κ3) is 1.26. The van der Waals surface area contributed by atoms with Gasteiger partial charge in [0.15, 0.2) is 0 Å². The van der Waals surface area contributed by atoms with Gasteiger partial charge in [-0.15, -0.1) is 5.10 Å². The van der Waals surface area contributed by atoms with Gasteiger partial charge in [-0.3, -0.25) is 0 Å². The second-order valence-electron chi connectivity index (χ2n) is 1.43. The van der Waals surface area contributed by atoms with Crippen molar-refractivity contribution in [2.75, 3.05) is 12.0 Å². The van der Waals surface area contributed by atoms with Gasteiger partial charge in [0.05, 0.1) is 0 Å². The van der Waals surface area contributed by atoms with Gasteiger partial charge >= 0.3 is 0 Å². The zero-order valence-corrected chi connectivity index (χ0v) is 5.63. The van der Waals surface area contributed by atoms with Gasteiger partial charge < -0.3 is 5.73 Å². The molecular formula is C3H6N4OS. The molecule has 1 atom stereocenters. The molecule has 0 bridgehead atoms. The van der Waals surface area contributed by atoms with Crippen LogP contribution in [0, 0.1) is 0 Å². The van der Waals surface area contributed by atoms with Gasteiger partial charge in [-0.2, -0.15) is 9.07 Å². The van der Waals surface area contributed by atoms with E-state index in [2.05, 4.69) is 10.1 Å². The summed E-state index contributed by atoms with van der Waals surface area (Å²) < 4.78 is 11.8. The van der Waals surface area contributed by atoms with Crippen LogP contribution in [-0.2, 0) is 11.0 Å². The summed E-state index contributed by atoms with van der Waals surface area (Å²) in [7, 11) is -1.15. The molecule has 6 heteroatoms. The van der Waals surface area contributed by atoms with Crippen molar-refractivity contribution in [2.45, 2.75) is 0 Å². The van der Waals surface area contributed by atoms with E-state index in [1.165, 1.54) is 16.7 Å². The molecule has 0 spiro atoms. The molecule has 1 rings (SSSR count). The number of hydrogen-bond donors (Lipinski definition) is 1. The molecule has 0 saturated heterocycles. The molecule has 0 aromatic carbocycles. The van der Waals surface area contributed by atoms with Gasteiger partial charge in [0, 0.05) is 6.26 Å². The third-order valence-corrected chi connectivity index (χ3v) is 1.46. The van der Waals surface area contributed by atoms with Crippen LogP contribution in [0.15, 0.2) is 6.33 Å². The molecule has 1 heterocycles. The van der Waals surface area contributed by atoms with Crippen LogP contribution in [-0.4, -0.2) is 24.6 Å². The van der Waals surface area contributed by atoms with E-state index in [9.17, 15) is 4.21 Å². The summed E-state index contributed by atoms with van der Waals surface area (Å²) in [4.78, 5) is 3.57. The van der Waals surface area contributed by atoms with Crippen LogP contribution in [0.1, 0.15) is 0 Å². The minimum absolute atomic E-state index is 0.144. The van der Waals surface area contributed by atoms with Crippen molar-refractivity contribution in [3.05, 3.63) is 6.33 Å². The Balaban J connectivity index is 2.98. The van der Waals surface area contributed by atoms with Crippen molar-refractivity contribution >= 4 is 16.9 Å². The lowest BCUT2D eigenvalue weighted by molar-refractivity contribution is 0.675. The Hall–Kier alpha value is -0.910. The van der Waals surface area contributed by atoms with Gasteiger partial charge in [-0.05, 0) is 0 Å². The van der Waals surface area contributed by atoms with E-state index < -0.39 is 11.0 Å². The van der Waals surface area contributed by atoms with Gasteiger partial charge in [0.1, 0.15) is 17.3 Å². The lowest BCUT2D eigenvalue weighted by Crippen LogP contribution is -2.02. The molecule has 0 saturated carbocycles. The fourth-order valence-electron chi connectivity index (χ4n) is 0.385. The van der Waals surface area contributed by atoms with Crippen molar-refractivity contribution in [1.29, 1.82) is 0 Å². The predicted molar refractivity (Wildman–Crippen MR) is 33.9 cm³/mol. The number of nitrogens with two attached hydrogens (primary N) is 1. The Kier molecular flexibility index (Phi) is 1.48. The van der Waals surface area contributed by atoms with Gasteiger partial charge in [0.2, 0.25) is 5.95 Å². The topological polar surface area (TPSA) is 73.8 Å². The zero-order valence-electron chi connectivity index (χ0n) is 4.81. The summed E-state index contributed by atoms with van der Waals surface area (Å²) in [5.41, 5.74) is 5.14. The lowest BCUT2D eigenvalue weighted by atomic mass is 11.1. The SMILES string of the molecule is CS(=O)n1cnc(N)n1. The molecule has 0 fully saturated rings. The molecule has 2 N–H and O–H groups in total. The third-order valence-electron chi connectivity index (χ3n) is 0.753. The van der Waals surface area contributed by atoms with E-state index in [1.807, 2.05) is 0 Å². The zero-order chi connectivity index (χ0) is 6.85. The fourth-order valence-corrected chi connectivity index (χ4v) is 0.764. The first-order valence-corrected chi connectivity index (χ1v) is 3.72. The molecule has 5 nitrogen and oxygen atoms in total. The monoisotopic (exact) mass is 146 g/mol. The quantitative estimate of drug-likeness (QED) is 0.551. The highest BCUT2D eigenvalue weighted by molar-refractivity contribution is 7.82. The normalized spacial score (nSPS) is 13.4. The summed E-state index contributed by atoms with van der Waals surface area (Å²) in [5, 5.41) is 3.59. The van der Waals surface area contributed by atoms with Crippen LogP contribution in [0.5, 0.6) is 0 Å². The highest BCUT2D eigenvalue weighted by atomic mass is 32.2. The van der Waals surface area contributed by atoms with Crippen LogP contribution < -0.4 is 5.73 Å². The van der Waals surface area contributed by atoms with Crippen LogP contribution in [0.25, 0.3) is 0 Å². The number of anilines is 1. The molecule has 1 aromatic heterocycles. The Bertz CT molecular complexity index is 231. The van der Waals surface area contributed by atoms with E-state index in [4.69, 9.17) is 5.73 Å². The van der Waals surface area contributed by atoms with Crippen LogP contribution in [0.4, 0.5) is 5.95 Å². The van der Waals surface area contributed by atoms with E-state index in [1.54, 1.807) is 0 Å². The van der Waals surface area contributed by atoms with Crippen molar-refractivity contribution in [2.24, 2.45) is 0 Å². The number of rotatable bonds is 1. The maximum atomic E-state index is 10.6. The van der Waals surface area contributed by atoms with Crippen molar-refractivity contribution in [1.82, 2.24) is 14.2 Å². The van der Waals surface area contributed by atoms with E-state index in [0.717, 1.165) is 0 Å². The Morgan fingerprint density at radius 2 is 2.56 bits per heavy atom. The lowest BCUT2D eigenvalue weighted by Gasteiger charge is -1.87. The molecule has 0 amide bonds. The molecule has 0 aliphatic heterocycles. The maximum Gasteiger partial charge on any atom is 0.240 e. The largest absolute Gasteiger partial charge is 0.366 e. The average Bonchev–Trinajstić information content (AvgIpc) is 2.14. The number of hydrogen-bond acceptors (Lipinski definition) is 4. The highest BCUT2D eigenvalue weighted by Crippen LogP contribution is 1.88. The summed E-state index contributed by atoms with van der Waals surface area (Å²) in [5.74, 6) is 0.144. The average molecular weight is 146 g/mol. The smallest absolute Gasteiger partial charge is 0.240 e. The van der Waals surface area contributed by atoms with Gasteiger partial charge in [-0.1, -0.05) is 0 Å². The molecule has 9 heavy (non-hydrogen) atoms. The van der Waals surface area contributed by atoms with Crippen LogP contribution in [0.2, 0.25) is 0 Å². The Morgan fingerprint density at radius 1 is 1.89 bits per heavy atom. The second kappa shape index (κ2) is 2.14. The van der Waals surface area contributed by atoms with E-state index in [0.29, 0.717) is 0 Å². The first-order chi connectivity index (χ1) is 4.20. The van der Waals surface area contributed by atoms with Crippen LogP contribution in [0.3, 0.4) is 0 Å². The Labute approximate surface area is 54.5 Å². The molecule has 1 unspecified atom stereocenters. The summed E-state index contributed by atoms with van der Waals surface area (Å²) in [6, 6.07) is 0. The summed E-state index contributed by atoms with van der Waals surface area (Å²) in [6.45, 7) is 0. The standard InChI is InChI=1S/C3H6N4OS/c1-9(8)7-2-5-3(4)6-7/h2H,1H3,(H2,4,6). The maximum absolute atomic E-state index is 10.6. The molecule has 0 aliphatic carbocycles. The van der Waals surface area contributed by atoms with Crippen molar-refractivity contribution in [3.63, 3.8) is 0 Å². The Morgan fingerprint density at radius 3 is 2.78 bits per heavy atom. The summed E-state index contributed by atoms with van der Waals surface area (Å²) in [6.07, 6.45) is 2.82. The highest BCUT2D eigenvalue weighted by Gasteiger charge is 1.96. The number of nitrogens with zero attached hydrogens (tertiary/aromatic N) is 3. The second-order valence-corrected chi connectivity index (χ2v) is 2.65. The van der Waals surface area contributed by atoms with Crippen LogP contribution >= 0.6 is 0 Å². The van der Waals surface area contributed by atoms with Crippen molar-refractivity contribution in [3.8, 4) is 0 Å². The van der Waals surface area contributed by atoms with Gasteiger partial charge in [0.25, 0.3) is 0 Å². The minimum atomic E-state index is -1.15. The first kappa shape index (κ1) is 6.21. The molecule has 50 valence electrons. The van der Waals surface area contributed by atoms with Gasteiger partial charge in [-0.25, -0.2) is 4.21 Å².